The van der Waals surface area contributed by atoms with Gasteiger partial charge in [-0.15, -0.1) is 11.3 Å². The molecule has 0 saturated heterocycles. The van der Waals surface area contributed by atoms with Gasteiger partial charge < -0.3 is 24.1 Å². The number of fused-ring (bicyclic) bond motifs is 1. The number of aromatic nitrogens is 1. The molecule has 1 unspecified atom stereocenters. The Labute approximate surface area is 196 Å². The first-order valence-electron chi connectivity index (χ1n) is 10.5. The van der Waals surface area contributed by atoms with E-state index < -0.39 is 5.97 Å². The number of nitrogens with one attached hydrogen (secondary N) is 1. The van der Waals surface area contributed by atoms with Gasteiger partial charge in [0.1, 0.15) is 5.69 Å². The zero-order valence-electron chi connectivity index (χ0n) is 19.1. The van der Waals surface area contributed by atoms with E-state index in [4.69, 9.17) is 14.2 Å². The molecule has 1 N–H and O–H groups in total. The van der Waals surface area contributed by atoms with Crippen molar-refractivity contribution in [2.24, 2.45) is 7.05 Å². The van der Waals surface area contributed by atoms with Crippen LogP contribution in [0.5, 0.6) is 11.5 Å². The quantitative estimate of drug-likeness (QED) is 0.534. The number of rotatable bonds is 7. The second-order valence-electron chi connectivity index (χ2n) is 7.81. The molecule has 0 radical (unpaired) electrons. The zero-order chi connectivity index (χ0) is 23.5. The Kier molecular flexibility index (Phi) is 6.71. The van der Waals surface area contributed by atoms with E-state index in [1.54, 1.807) is 49.4 Å². The number of thiophene rings is 1. The number of esters is 1. The lowest BCUT2D eigenvalue weighted by atomic mass is 9.91. The Morgan fingerprint density at radius 2 is 1.91 bits per heavy atom. The Morgan fingerprint density at radius 1 is 1.15 bits per heavy atom. The molecular weight excluding hydrogens is 442 g/mol. The molecule has 3 aromatic rings. The van der Waals surface area contributed by atoms with Crippen molar-refractivity contribution in [2.45, 2.75) is 12.5 Å². The Balaban J connectivity index is 1.59. The van der Waals surface area contributed by atoms with E-state index in [2.05, 4.69) is 16.3 Å². The minimum absolute atomic E-state index is 0.0688. The summed E-state index contributed by atoms with van der Waals surface area (Å²) in [4.78, 5) is 28.2. The number of nitrogens with zero attached hydrogens (tertiary/aromatic N) is 2. The van der Waals surface area contributed by atoms with Crippen LogP contribution in [-0.2, 0) is 23.0 Å². The predicted molar refractivity (Wildman–Crippen MR) is 126 cm³/mol. The maximum atomic E-state index is 13.0. The van der Waals surface area contributed by atoms with Gasteiger partial charge in [0.05, 0.1) is 39.6 Å². The summed E-state index contributed by atoms with van der Waals surface area (Å²) < 4.78 is 17.4. The molecule has 4 rings (SSSR count). The van der Waals surface area contributed by atoms with E-state index in [-0.39, 0.29) is 18.5 Å². The minimum Gasteiger partial charge on any atom is -0.493 e. The van der Waals surface area contributed by atoms with Crippen molar-refractivity contribution < 1.29 is 23.8 Å². The molecular formula is C24H27N3O5S. The second kappa shape index (κ2) is 9.68. The monoisotopic (exact) mass is 469 g/mol. The molecule has 0 fully saturated rings. The number of aryl methyl sites for hydroxylation is 1. The standard InChI is InChI=1S/C24H27N3O5S/c1-26-13-16(11-18(26)24(29)32-4)25-22(28)14-27-8-7-15-10-19(30-2)20(31-3)12-17(15)23(27)21-6-5-9-33-21/h5-6,9-13,23H,7-8,14H2,1-4H3,(H,25,28). The Hall–Kier alpha value is -3.30. The average Bonchev–Trinajstić information content (AvgIpc) is 3.47. The van der Waals surface area contributed by atoms with Crippen molar-refractivity contribution in [3.05, 3.63) is 63.6 Å². The second-order valence-corrected chi connectivity index (χ2v) is 8.79. The number of hydrogen-bond acceptors (Lipinski definition) is 7. The van der Waals surface area contributed by atoms with Crippen molar-refractivity contribution in [2.75, 3.05) is 39.7 Å². The lowest BCUT2D eigenvalue weighted by Gasteiger charge is -2.36. The summed E-state index contributed by atoms with van der Waals surface area (Å²) in [5, 5.41) is 4.95. The number of benzene rings is 1. The fourth-order valence-electron chi connectivity index (χ4n) is 4.27. The van der Waals surface area contributed by atoms with E-state index >= 15 is 0 Å². The lowest BCUT2D eigenvalue weighted by Crippen LogP contribution is -2.40. The maximum Gasteiger partial charge on any atom is 0.354 e. The highest BCUT2D eigenvalue weighted by Gasteiger charge is 2.32. The number of carbonyl (C=O) groups is 2. The van der Waals surface area contributed by atoms with Gasteiger partial charge in [-0.05, 0) is 47.2 Å². The van der Waals surface area contributed by atoms with Crippen molar-refractivity contribution in [1.82, 2.24) is 9.47 Å². The van der Waals surface area contributed by atoms with Crippen molar-refractivity contribution >= 4 is 28.9 Å². The molecule has 0 spiro atoms. The van der Waals surface area contributed by atoms with Crippen LogP contribution in [0.25, 0.3) is 0 Å². The number of amides is 1. The molecule has 1 aliphatic heterocycles. The molecule has 3 heterocycles. The van der Waals surface area contributed by atoms with Crippen molar-refractivity contribution in [3.63, 3.8) is 0 Å². The van der Waals surface area contributed by atoms with Gasteiger partial charge in [-0.3, -0.25) is 9.69 Å². The van der Waals surface area contributed by atoms with Crippen LogP contribution in [-0.4, -0.2) is 55.8 Å². The number of anilines is 1. The first-order chi connectivity index (χ1) is 15.9. The first-order valence-corrected chi connectivity index (χ1v) is 11.4. The number of methoxy groups -OCH3 is 3. The fourth-order valence-corrected chi connectivity index (χ4v) is 5.15. The predicted octanol–water partition coefficient (Wildman–Crippen LogP) is 3.48. The van der Waals surface area contributed by atoms with Crippen LogP contribution in [0.15, 0.2) is 41.9 Å². The minimum atomic E-state index is -0.451. The maximum absolute atomic E-state index is 13.0. The SMILES string of the molecule is COC(=O)c1cc(NC(=O)CN2CCc3cc(OC)c(OC)cc3C2c2cccs2)cn1C. The van der Waals surface area contributed by atoms with Gasteiger partial charge in [-0.25, -0.2) is 4.79 Å². The highest BCUT2D eigenvalue weighted by Crippen LogP contribution is 2.42. The summed E-state index contributed by atoms with van der Waals surface area (Å²) in [5.41, 5.74) is 3.23. The molecule has 1 amide bonds. The van der Waals surface area contributed by atoms with E-state index in [0.29, 0.717) is 22.9 Å². The lowest BCUT2D eigenvalue weighted by molar-refractivity contribution is -0.117. The van der Waals surface area contributed by atoms with Crippen LogP contribution in [0.4, 0.5) is 5.69 Å². The molecule has 174 valence electrons. The summed E-state index contributed by atoms with van der Waals surface area (Å²) >= 11 is 1.66. The Morgan fingerprint density at radius 3 is 2.58 bits per heavy atom. The molecule has 33 heavy (non-hydrogen) atoms. The van der Waals surface area contributed by atoms with Crippen LogP contribution in [0.1, 0.15) is 32.5 Å². The van der Waals surface area contributed by atoms with Crippen LogP contribution in [0, 0.1) is 0 Å². The van der Waals surface area contributed by atoms with Gasteiger partial charge in [0.2, 0.25) is 5.91 Å². The number of carbonyl (C=O) groups excluding carboxylic acids is 2. The van der Waals surface area contributed by atoms with Gasteiger partial charge in [-0.1, -0.05) is 6.07 Å². The number of ether oxygens (including phenoxy) is 3. The molecule has 1 aliphatic rings. The third kappa shape index (κ3) is 4.60. The average molecular weight is 470 g/mol. The fraction of sp³-hybridized carbons (Fsp3) is 0.333. The molecule has 9 heteroatoms. The zero-order valence-corrected chi connectivity index (χ0v) is 19.9. The highest BCUT2D eigenvalue weighted by atomic mass is 32.1. The van der Waals surface area contributed by atoms with E-state index in [1.165, 1.54) is 12.7 Å². The van der Waals surface area contributed by atoms with E-state index in [9.17, 15) is 9.59 Å². The summed E-state index contributed by atoms with van der Waals surface area (Å²) in [6, 6.07) is 9.70. The Bertz CT molecular complexity index is 1160. The normalized spacial score (nSPS) is 15.6. The van der Waals surface area contributed by atoms with E-state index in [1.807, 2.05) is 23.6 Å². The first kappa shape index (κ1) is 22.9. The molecule has 1 atom stereocenters. The van der Waals surface area contributed by atoms with Crippen LogP contribution < -0.4 is 14.8 Å². The topological polar surface area (TPSA) is 82.0 Å². The summed E-state index contributed by atoms with van der Waals surface area (Å²) in [5.74, 6) is 0.775. The molecule has 0 saturated carbocycles. The summed E-state index contributed by atoms with van der Waals surface area (Å²) in [6.07, 6.45) is 2.49. The van der Waals surface area contributed by atoms with Crippen molar-refractivity contribution in [1.29, 1.82) is 0 Å². The summed E-state index contributed by atoms with van der Waals surface area (Å²) in [6.45, 7) is 0.930. The van der Waals surface area contributed by atoms with E-state index in [0.717, 1.165) is 23.4 Å². The highest BCUT2D eigenvalue weighted by molar-refractivity contribution is 7.10. The number of hydrogen-bond donors (Lipinski definition) is 1. The van der Waals surface area contributed by atoms with Crippen LogP contribution in [0.2, 0.25) is 0 Å². The third-order valence-corrected chi connectivity index (χ3v) is 6.74. The summed E-state index contributed by atoms with van der Waals surface area (Å²) in [7, 11) is 6.32. The molecule has 2 aromatic heterocycles. The van der Waals surface area contributed by atoms with Gasteiger partial charge >= 0.3 is 5.97 Å². The smallest absolute Gasteiger partial charge is 0.354 e. The van der Waals surface area contributed by atoms with Crippen LogP contribution in [0.3, 0.4) is 0 Å². The molecule has 0 bridgehead atoms. The third-order valence-electron chi connectivity index (χ3n) is 5.82. The van der Waals surface area contributed by atoms with Gasteiger partial charge in [0.25, 0.3) is 0 Å². The van der Waals surface area contributed by atoms with Gasteiger partial charge in [0.15, 0.2) is 11.5 Å². The van der Waals surface area contributed by atoms with Crippen LogP contribution >= 0.6 is 11.3 Å². The largest absolute Gasteiger partial charge is 0.493 e. The van der Waals surface area contributed by atoms with Gasteiger partial charge in [-0.2, -0.15) is 0 Å². The molecule has 1 aromatic carbocycles. The molecule has 0 aliphatic carbocycles. The molecule has 8 nitrogen and oxygen atoms in total. The van der Waals surface area contributed by atoms with Gasteiger partial charge in [0, 0.05) is 24.7 Å². The van der Waals surface area contributed by atoms with Crippen molar-refractivity contribution in [3.8, 4) is 11.5 Å².